The number of carbonyl (C=O) groups is 1. The number of aromatic hydroxyl groups is 1. The number of anilines is 2. The minimum absolute atomic E-state index is 0.0211. The summed E-state index contributed by atoms with van der Waals surface area (Å²) in [7, 11) is 0. The summed E-state index contributed by atoms with van der Waals surface area (Å²) in [6.45, 7) is 3.81. The number of hydrogen-bond acceptors (Lipinski definition) is 8. The number of fused-ring (bicyclic) bond motifs is 3. The van der Waals surface area contributed by atoms with Crippen LogP contribution in [0.15, 0.2) is 61.1 Å². The van der Waals surface area contributed by atoms with Crippen LogP contribution in [0, 0.1) is 5.41 Å². The Morgan fingerprint density at radius 3 is 2.79 bits per heavy atom. The van der Waals surface area contributed by atoms with Gasteiger partial charge in [-0.3, -0.25) is 24.7 Å². The minimum Gasteiger partial charge on any atom is -0.492 e. The highest BCUT2D eigenvalue weighted by Gasteiger charge is 2.20. The van der Waals surface area contributed by atoms with Crippen molar-refractivity contribution in [1.82, 2.24) is 24.2 Å². The fraction of sp³-hybridized carbons (Fsp3) is 0.125. The largest absolute Gasteiger partial charge is 0.492 e. The van der Waals surface area contributed by atoms with Gasteiger partial charge >= 0.3 is 0 Å². The first-order valence-corrected chi connectivity index (χ1v) is 11.4. The second kappa shape index (κ2) is 8.56. The van der Waals surface area contributed by atoms with E-state index in [9.17, 15) is 9.90 Å². The molecular weight excluding hydrogens is 450 g/mol. The van der Waals surface area contributed by atoms with Crippen LogP contribution in [-0.2, 0) is 0 Å². The molecule has 0 aliphatic carbocycles. The van der Waals surface area contributed by atoms with Crippen molar-refractivity contribution in [1.29, 1.82) is 5.41 Å². The SMILES string of the molecule is CC(C)NC(=N)c1c(O)nsc1Nc1ccnc(C(=O)n2ccc3c4ccccc4ncc32)c1. The molecule has 0 unspecified atom stereocenters. The molecular formula is C24H21N7O2S. The van der Waals surface area contributed by atoms with Gasteiger partial charge < -0.3 is 15.7 Å². The molecule has 170 valence electrons. The van der Waals surface area contributed by atoms with Gasteiger partial charge in [-0.15, -0.1) is 0 Å². The summed E-state index contributed by atoms with van der Waals surface area (Å²) >= 11 is 1.03. The van der Waals surface area contributed by atoms with E-state index in [1.54, 1.807) is 24.5 Å². The number of nitrogens with one attached hydrogen (secondary N) is 3. The summed E-state index contributed by atoms with van der Waals surface area (Å²) in [5, 5.41) is 26.9. The molecule has 4 heterocycles. The summed E-state index contributed by atoms with van der Waals surface area (Å²) in [6.07, 6.45) is 4.95. The third-order valence-electron chi connectivity index (χ3n) is 5.26. The topological polar surface area (TPSA) is 129 Å². The molecule has 0 aliphatic rings. The quantitative estimate of drug-likeness (QED) is 0.219. The Hall–Kier alpha value is -4.31. The van der Waals surface area contributed by atoms with Crippen molar-refractivity contribution >= 4 is 55.8 Å². The molecule has 0 saturated carbocycles. The van der Waals surface area contributed by atoms with Crippen molar-refractivity contribution in [3.8, 4) is 5.88 Å². The van der Waals surface area contributed by atoms with Crippen LogP contribution in [0.2, 0.25) is 0 Å². The lowest BCUT2D eigenvalue weighted by Crippen LogP contribution is -2.30. The molecule has 1 aromatic carbocycles. The second-order valence-corrected chi connectivity index (χ2v) is 8.78. The number of benzene rings is 1. The van der Waals surface area contributed by atoms with Crippen molar-refractivity contribution in [3.05, 3.63) is 72.3 Å². The zero-order valence-corrected chi connectivity index (χ0v) is 19.2. The molecule has 9 nitrogen and oxygen atoms in total. The number of para-hydroxylation sites is 1. The van der Waals surface area contributed by atoms with E-state index in [-0.39, 0.29) is 34.9 Å². The van der Waals surface area contributed by atoms with Crippen molar-refractivity contribution < 1.29 is 9.90 Å². The first kappa shape index (κ1) is 21.5. The van der Waals surface area contributed by atoms with Gasteiger partial charge in [0.25, 0.3) is 5.91 Å². The molecule has 0 atom stereocenters. The summed E-state index contributed by atoms with van der Waals surface area (Å²) in [6, 6.07) is 13.1. The third kappa shape index (κ3) is 3.84. The zero-order valence-electron chi connectivity index (χ0n) is 18.4. The fourth-order valence-corrected chi connectivity index (χ4v) is 4.48. The number of rotatable bonds is 5. The molecule has 0 amide bonds. The lowest BCUT2D eigenvalue weighted by atomic mass is 10.1. The molecule has 34 heavy (non-hydrogen) atoms. The monoisotopic (exact) mass is 471 g/mol. The maximum absolute atomic E-state index is 13.3. The summed E-state index contributed by atoms with van der Waals surface area (Å²) in [5.74, 6) is -0.459. The van der Waals surface area contributed by atoms with Gasteiger partial charge in [0.05, 0.1) is 17.2 Å². The van der Waals surface area contributed by atoms with Gasteiger partial charge in [-0.1, -0.05) is 18.2 Å². The highest BCUT2D eigenvalue weighted by Crippen LogP contribution is 2.32. The Kier molecular flexibility index (Phi) is 5.42. The predicted octanol–water partition coefficient (Wildman–Crippen LogP) is 4.50. The minimum atomic E-state index is -0.294. The van der Waals surface area contributed by atoms with Gasteiger partial charge in [0.2, 0.25) is 5.88 Å². The van der Waals surface area contributed by atoms with Crippen LogP contribution in [0.25, 0.3) is 21.8 Å². The summed E-state index contributed by atoms with van der Waals surface area (Å²) in [5.41, 5.74) is 2.66. The van der Waals surface area contributed by atoms with Crippen molar-refractivity contribution in [2.45, 2.75) is 19.9 Å². The van der Waals surface area contributed by atoms with E-state index in [0.717, 1.165) is 27.8 Å². The van der Waals surface area contributed by atoms with Crippen molar-refractivity contribution in [2.24, 2.45) is 0 Å². The highest BCUT2D eigenvalue weighted by molar-refractivity contribution is 7.11. The van der Waals surface area contributed by atoms with Crippen molar-refractivity contribution in [2.75, 3.05) is 5.32 Å². The normalized spacial score (nSPS) is 11.3. The van der Waals surface area contributed by atoms with E-state index < -0.39 is 0 Å². The van der Waals surface area contributed by atoms with Gasteiger partial charge in [0, 0.05) is 34.9 Å². The van der Waals surface area contributed by atoms with Crippen LogP contribution in [0.3, 0.4) is 0 Å². The van der Waals surface area contributed by atoms with Crippen LogP contribution in [0.4, 0.5) is 10.7 Å². The van der Waals surface area contributed by atoms with Gasteiger partial charge in [-0.2, -0.15) is 4.37 Å². The fourth-order valence-electron chi connectivity index (χ4n) is 3.76. The van der Waals surface area contributed by atoms with E-state index in [1.165, 1.54) is 10.8 Å². The summed E-state index contributed by atoms with van der Waals surface area (Å²) in [4.78, 5) is 22.1. The van der Waals surface area contributed by atoms with E-state index in [0.29, 0.717) is 16.2 Å². The number of carbonyl (C=O) groups excluding carboxylic acids is 1. The first-order chi connectivity index (χ1) is 16.4. The Morgan fingerprint density at radius 1 is 1.15 bits per heavy atom. The number of hydrogen-bond donors (Lipinski definition) is 4. The molecule has 0 aliphatic heterocycles. The average molecular weight is 472 g/mol. The zero-order chi connectivity index (χ0) is 23.8. The highest BCUT2D eigenvalue weighted by atomic mass is 32.1. The molecule has 5 rings (SSSR count). The number of amidine groups is 1. The molecule has 5 aromatic rings. The molecule has 4 N–H and O–H groups in total. The average Bonchev–Trinajstić information content (AvgIpc) is 3.42. The molecule has 4 aromatic heterocycles. The van der Waals surface area contributed by atoms with Gasteiger partial charge in [0.15, 0.2) is 0 Å². The van der Waals surface area contributed by atoms with E-state index in [1.807, 2.05) is 44.2 Å². The van der Waals surface area contributed by atoms with Crippen LogP contribution in [0.1, 0.15) is 29.9 Å². The van der Waals surface area contributed by atoms with Crippen LogP contribution >= 0.6 is 11.5 Å². The van der Waals surface area contributed by atoms with Crippen LogP contribution in [0.5, 0.6) is 5.88 Å². The molecule has 0 saturated heterocycles. The lowest BCUT2D eigenvalue weighted by molar-refractivity contribution is 0.0960. The maximum Gasteiger partial charge on any atom is 0.281 e. The number of aromatic nitrogens is 4. The molecule has 0 bridgehead atoms. The standard InChI is InChI=1S/C24H21N7O2S/c1-13(2)28-21(25)20-22(32)30-34-23(20)29-14-7-9-26-18(11-14)24(33)31-10-8-16-15-5-3-4-6-17(15)27-12-19(16)31/h3-13H,1-2H3,(H2,25,28)(H,26,29)(H,30,32). The molecule has 0 fully saturated rings. The Balaban J connectivity index is 1.46. The Labute approximate surface area is 198 Å². The second-order valence-electron chi connectivity index (χ2n) is 8.00. The maximum atomic E-state index is 13.3. The molecule has 0 radical (unpaired) electrons. The van der Waals surface area contributed by atoms with Gasteiger partial charge in [-0.05, 0) is 49.6 Å². The van der Waals surface area contributed by atoms with Crippen LogP contribution in [-0.4, -0.2) is 41.8 Å². The predicted molar refractivity (Wildman–Crippen MR) is 133 cm³/mol. The third-order valence-corrected chi connectivity index (χ3v) is 6.01. The smallest absolute Gasteiger partial charge is 0.281 e. The van der Waals surface area contributed by atoms with Crippen molar-refractivity contribution in [3.63, 3.8) is 0 Å². The van der Waals surface area contributed by atoms with Gasteiger partial charge in [0.1, 0.15) is 22.1 Å². The lowest BCUT2D eigenvalue weighted by Gasteiger charge is -2.12. The van der Waals surface area contributed by atoms with E-state index in [2.05, 4.69) is 25.0 Å². The van der Waals surface area contributed by atoms with E-state index >= 15 is 0 Å². The Morgan fingerprint density at radius 2 is 1.97 bits per heavy atom. The number of pyridine rings is 2. The summed E-state index contributed by atoms with van der Waals surface area (Å²) < 4.78 is 5.49. The number of nitrogens with zero attached hydrogens (tertiary/aromatic N) is 4. The first-order valence-electron chi connectivity index (χ1n) is 10.6. The molecule has 0 spiro atoms. The molecule has 10 heteroatoms. The van der Waals surface area contributed by atoms with Crippen LogP contribution < -0.4 is 10.6 Å². The van der Waals surface area contributed by atoms with Gasteiger partial charge in [-0.25, -0.2) is 0 Å². The van der Waals surface area contributed by atoms with E-state index in [4.69, 9.17) is 5.41 Å². The Bertz CT molecular complexity index is 1550.